The number of benzene rings is 1. The van der Waals surface area contributed by atoms with E-state index in [1.54, 1.807) is 13.2 Å². The Hall–Kier alpha value is -0.630. The van der Waals surface area contributed by atoms with Gasteiger partial charge in [0.15, 0.2) is 0 Å². The molecule has 1 unspecified atom stereocenters. The molecule has 0 aliphatic rings. The molecule has 0 aromatic heterocycles. The fraction of sp³-hybridized carbons (Fsp3) is 0.417. The van der Waals surface area contributed by atoms with Gasteiger partial charge in [-0.25, -0.2) is 0 Å². The molecule has 1 aromatic rings. The van der Waals surface area contributed by atoms with Crippen molar-refractivity contribution in [2.75, 3.05) is 26.1 Å². The maximum Gasteiger partial charge on any atom is 0.227 e. The molecule has 0 aliphatic carbocycles. The minimum Gasteiger partial charge on any atom is -0.495 e. The number of nitrogens with one attached hydrogen (secondary N) is 1. The summed E-state index contributed by atoms with van der Waals surface area (Å²) < 4.78 is 11.8. The van der Waals surface area contributed by atoms with Crippen molar-refractivity contribution in [3.8, 4) is 5.75 Å². The van der Waals surface area contributed by atoms with Crippen LogP contribution in [0.2, 0.25) is 0 Å². The van der Waals surface area contributed by atoms with Crippen molar-refractivity contribution in [2.45, 2.75) is 12.5 Å². The molecule has 0 saturated heterocycles. The van der Waals surface area contributed by atoms with Gasteiger partial charge in [-0.3, -0.25) is 4.79 Å². The van der Waals surface area contributed by atoms with Crippen molar-refractivity contribution in [1.82, 2.24) is 0 Å². The number of anilines is 1. The summed E-state index contributed by atoms with van der Waals surface area (Å²) >= 11 is 6.75. The van der Waals surface area contributed by atoms with Gasteiger partial charge in [0.25, 0.3) is 0 Å². The van der Waals surface area contributed by atoms with Crippen LogP contribution in [0, 0.1) is 0 Å². The van der Waals surface area contributed by atoms with Gasteiger partial charge in [-0.15, -0.1) is 0 Å². The average Bonchev–Trinajstić information content (AvgIpc) is 2.39. The smallest absolute Gasteiger partial charge is 0.227 e. The molecule has 0 radical (unpaired) electrons. The third kappa shape index (κ3) is 4.76. The minimum absolute atomic E-state index is 0.164. The van der Waals surface area contributed by atoms with Crippen molar-refractivity contribution >= 4 is 43.5 Å². The van der Waals surface area contributed by atoms with Gasteiger partial charge in [0.1, 0.15) is 5.75 Å². The second-order valence-electron chi connectivity index (χ2n) is 3.81. The zero-order valence-electron chi connectivity index (χ0n) is 10.7. The number of hydrogen-bond donors (Lipinski definition) is 2. The minimum atomic E-state index is -0.281. The number of hydrogen-bond acceptors (Lipinski definition) is 4. The zero-order chi connectivity index (χ0) is 14.4. The lowest BCUT2D eigenvalue weighted by atomic mass is 10.2. The van der Waals surface area contributed by atoms with Gasteiger partial charge in [0, 0.05) is 24.2 Å². The summed E-state index contributed by atoms with van der Waals surface area (Å²) in [4.78, 5) is 11.9. The first kappa shape index (κ1) is 16.4. The Kier molecular flexibility index (Phi) is 6.78. The Morgan fingerprint density at radius 3 is 2.58 bits per heavy atom. The number of nitrogens with two attached hydrogens (primary N) is 1. The summed E-state index contributed by atoms with van der Waals surface area (Å²) in [5, 5.41) is 2.79. The highest BCUT2D eigenvalue weighted by atomic mass is 79.9. The van der Waals surface area contributed by atoms with E-state index in [-0.39, 0.29) is 18.4 Å². The monoisotopic (exact) mass is 394 g/mol. The number of halogens is 2. The van der Waals surface area contributed by atoms with Gasteiger partial charge in [-0.1, -0.05) is 0 Å². The van der Waals surface area contributed by atoms with Crippen LogP contribution in [-0.2, 0) is 9.53 Å². The van der Waals surface area contributed by atoms with Gasteiger partial charge < -0.3 is 20.5 Å². The van der Waals surface area contributed by atoms with E-state index in [2.05, 4.69) is 37.2 Å². The van der Waals surface area contributed by atoms with E-state index in [0.29, 0.717) is 18.0 Å². The van der Waals surface area contributed by atoms with Crippen LogP contribution in [0.25, 0.3) is 0 Å². The van der Waals surface area contributed by atoms with Crippen LogP contribution < -0.4 is 15.8 Å². The van der Waals surface area contributed by atoms with E-state index in [0.717, 1.165) is 8.95 Å². The van der Waals surface area contributed by atoms with Crippen molar-refractivity contribution in [3.63, 3.8) is 0 Å². The molecule has 5 nitrogen and oxygen atoms in total. The second-order valence-corrected chi connectivity index (χ2v) is 5.52. The molecule has 19 heavy (non-hydrogen) atoms. The van der Waals surface area contributed by atoms with E-state index in [4.69, 9.17) is 15.2 Å². The molecule has 1 aromatic carbocycles. The van der Waals surface area contributed by atoms with Crippen LogP contribution in [0.5, 0.6) is 5.75 Å². The molecule has 0 saturated carbocycles. The molecule has 7 heteroatoms. The summed E-state index contributed by atoms with van der Waals surface area (Å²) in [7, 11) is 3.10. The quantitative estimate of drug-likeness (QED) is 0.776. The fourth-order valence-electron chi connectivity index (χ4n) is 1.45. The number of methoxy groups -OCH3 is 2. The predicted octanol–water partition coefficient (Wildman–Crippen LogP) is 2.52. The molecule has 0 fully saturated rings. The lowest BCUT2D eigenvalue weighted by Crippen LogP contribution is -2.28. The van der Waals surface area contributed by atoms with Gasteiger partial charge in [0.05, 0.1) is 29.8 Å². The largest absolute Gasteiger partial charge is 0.495 e. The molecule has 0 aliphatic heterocycles. The van der Waals surface area contributed by atoms with Crippen LogP contribution in [0.3, 0.4) is 0 Å². The van der Waals surface area contributed by atoms with Crippen LogP contribution >= 0.6 is 31.9 Å². The average molecular weight is 396 g/mol. The highest BCUT2D eigenvalue weighted by Crippen LogP contribution is 2.34. The molecule has 3 N–H and O–H groups in total. The summed E-state index contributed by atoms with van der Waals surface area (Å²) in [5.41, 5.74) is 6.12. The number of carbonyl (C=O) groups excluding carboxylic acids is 1. The fourth-order valence-corrected chi connectivity index (χ4v) is 2.71. The first-order chi connectivity index (χ1) is 9.01. The van der Waals surface area contributed by atoms with E-state index in [1.807, 2.05) is 6.07 Å². The second kappa shape index (κ2) is 7.84. The topological polar surface area (TPSA) is 73.6 Å². The Bertz CT molecular complexity index is 451. The normalized spacial score (nSPS) is 12.1. The molecule has 106 valence electrons. The standard InChI is InChI=1S/C12H16Br2N2O3/c1-18-7(6-15)3-12(17)16-10-5-11(19-2)9(14)4-8(10)13/h4-5,7H,3,6,15H2,1-2H3,(H,16,17). The molecule has 0 bridgehead atoms. The van der Waals surface area contributed by atoms with Crippen molar-refractivity contribution in [1.29, 1.82) is 0 Å². The lowest BCUT2D eigenvalue weighted by molar-refractivity contribution is -0.118. The van der Waals surface area contributed by atoms with Crippen molar-refractivity contribution in [2.24, 2.45) is 5.73 Å². The molecule has 1 rings (SSSR count). The van der Waals surface area contributed by atoms with Crippen molar-refractivity contribution in [3.05, 3.63) is 21.1 Å². The first-order valence-electron chi connectivity index (χ1n) is 5.57. The summed E-state index contributed by atoms with van der Waals surface area (Å²) in [6, 6.07) is 3.54. The molecule has 1 atom stereocenters. The number of carbonyl (C=O) groups is 1. The maximum absolute atomic E-state index is 11.9. The molecular formula is C12H16Br2N2O3. The summed E-state index contributed by atoms with van der Waals surface area (Å²) in [6.45, 7) is 0.300. The van der Waals surface area contributed by atoms with E-state index in [9.17, 15) is 4.79 Å². The molecule has 0 spiro atoms. The summed E-state index contributed by atoms with van der Waals surface area (Å²) in [5.74, 6) is 0.475. The highest BCUT2D eigenvalue weighted by molar-refractivity contribution is 9.11. The first-order valence-corrected chi connectivity index (χ1v) is 7.16. The number of ether oxygens (including phenoxy) is 2. The Morgan fingerprint density at radius 2 is 2.05 bits per heavy atom. The SMILES string of the molecule is COc1cc(NC(=O)CC(CN)OC)c(Br)cc1Br. The third-order valence-electron chi connectivity index (χ3n) is 2.52. The third-order valence-corrected chi connectivity index (χ3v) is 3.80. The van der Waals surface area contributed by atoms with E-state index >= 15 is 0 Å². The molecule has 1 amide bonds. The Morgan fingerprint density at radius 1 is 1.37 bits per heavy atom. The van der Waals surface area contributed by atoms with Gasteiger partial charge >= 0.3 is 0 Å². The van der Waals surface area contributed by atoms with Crippen LogP contribution in [-0.4, -0.2) is 32.8 Å². The Labute approximate surface area is 129 Å². The van der Waals surface area contributed by atoms with Gasteiger partial charge in [0.2, 0.25) is 5.91 Å². The number of rotatable bonds is 6. The molecule has 0 heterocycles. The predicted molar refractivity (Wildman–Crippen MR) is 81.5 cm³/mol. The summed E-state index contributed by atoms with van der Waals surface area (Å²) in [6.07, 6.45) is -0.0752. The zero-order valence-corrected chi connectivity index (χ0v) is 13.9. The maximum atomic E-state index is 11.9. The highest BCUT2D eigenvalue weighted by Gasteiger charge is 2.14. The van der Waals surface area contributed by atoms with E-state index in [1.165, 1.54) is 7.11 Å². The van der Waals surface area contributed by atoms with Crippen LogP contribution in [0.15, 0.2) is 21.1 Å². The Balaban J connectivity index is 2.79. The van der Waals surface area contributed by atoms with Crippen LogP contribution in [0.4, 0.5) is 5.69 Å². The van der Waals surface area contributed by atoms with Crippen molar-refractivity contribution < 1.29 is 14.3 Å². The van der Waals surface area contributed by atoms with Crippen LogP contribution in [0.1, 0.15) is 6.42 Å². The van der Waals surface area contributed by atoms with E-state index < -0.39 is 0 Å². The molecular weight excluding hydrogens is 380 g/mol. The van der Waals surface area contributed by atoms with Gasteiger partial charge in [-0.2, -0.15) is 0 Å². The lowest BCUT2D eigenvalue weighted by Gasteiger charge is -2.14. The van der Waals surface area contributed by atoms with Gasteiger partial charge in [-0.05, 0) is 37.9 Å². The number of amides is 1.